The van der Waals surface area contributed by atoms with E-state index >= 15 is 0 Å². The minimum Gasteiger partial charge on any atom is -0.376 e. The third-order valence-electron chi connectivity index (χ3n) is 3.05. The number of nitrogens with zero attached hydrogens (tertiary/aromatic N) is 1. The Hall–Kier alpha value is -0.840. The first-order valence-corrected chi connectivity index (χ1v) is 5.51. The fraction of sp³-hybridized carbons (Fsp3) is 0.900. The molecule has 4 nitrogen and oxygen atoms in total. The van der Waals surface area contributed by atoms with Gasteiger partial charge in [-0.1, -0.05) is 6.92 Å². The number of carbonyl (C=O) groups excluding carboxylic acids is 1. The minimum atomic E-state index is -0.836. The van der Waals surface area contributed by atoms with Crippen LogP contribution in [0.4, 0.5) is 9.18 Å². The van der Waals surface area contributed by atoms with Crippen LogP contribution < -0.4 is 5.32 Å². The summed E-state index contributed by atoms with van der Waals surface area (Å²) in [6.45, 7) is 3.21. The summed E-state index contributed by atoms with van der Waals surface area (Å²) in [5.41, 5.74) is 0. The van der Waals surface area contributed by atoms with Crippen molar-refractivity contribution in [3.8, 4) is 0 Å². The molecule has 0 aromatic carbocycles. The first-order valence-electron chi connectivity index (χ1n) is 5.51. The van der Waals surface area contributed by atoms with E-state index in [1.165, 1.54) is 4.90 Å². The lowest BCUT2D eigenvalue weighted by Crippen LogP contribution is -2.57. The molecule has 86 valence electrons. The minimum absolute atomic E-state index is 0.0983. The number of ether oxygens (including phenoxy) is 1. The van der Waals surface area contributed by atoms with Gasteiger partial charge in [-0.05, 0) is 12.8 Å². The Bertz CT molecular complexity index is 244. The fourth-order valence-electron chi connectivity index (χ4n) is 2.06. The van der Waals surface area contributed by atoms with E-state index in [2.05, 4.69) is 5.32 Å². The SMILES string of the molecule is CC[C@@H]1OCC[C@H]1NC(=O)N1CC(F)C1. The van der Waals surface area contributed by atoms with Crippen molar-refractivity contribution in [3.05, 3.63) is 0 Å². The van der Waals surface area contributed by atoms with Gasteiger partial charge in [0, 0.05) is 6.61 Å². The maximum atomic E-state index is 12.5. The Labute approximate surface area is 88.8 Å². The maximum Gasteiger partial charge on any atom is 0.317 e. The van der Waals surface area contributed by atoms with E-state index in [0.717, 1.165) is 12.8 Å². The van der Waals surface area contributed by atoms with Gasteiger partial charge in [0.2, 0.25) is 0 Å². The molecule has 2 amide bonds. The third-order valence-corrected chi connectivity index (χ3v) is 3.05. The van der Waals surface area contributed by atoms with E-state index in [1.807, 2.05) is 6.92 Å². The second kappa shape index (κ2) is 4.35. The second-order valence-corrected chi connectivity index (χ2v) is 4.16. The van der Waals surface area contributed by atoms with Gasteiger partial charge in [0.15, 0.2) is 0 Å². The number of rotatable bonds is 2. The lowest BCUT2D eigenvalue weighted by atomic mass is 10.1. The summed E-state index contributed by atoms with van der Waals surface area (Å²) in [4.78, 5) is 13.1. The standard InChI is InChI=1S/C10H17FN2O2/c1-2-9-8(3-4-15-9)12-10(14)13-5-7(11)6-13/h7-9H,2-6H2,1H3,(H,12,14)/t8-,9+/m1/s1. The van der Waals surface area contributed by atoms with Crippen LogP contribution in [0.5, 0.6) is 0 Å². The number of carbonyl (C=O) groups is 1. The zero-order valence-electron chi connectivity index (χ0n) is 8.91. The molecule has 0 aromatic heterocycles. The van der Waals surface area contributed by atoms with Crippen LogP contribution in [0.3, 0.4) is 0 Å². The highest BCUT2D eigenvalue weighted by Gasteiger charge is 2.34. The van der Waals surface area contributed by atoms with E-state index in [4.69, 9.17) is 4.74 Å². The molecular weight excluding hydrogens is 199 g/mol. The van der Waals surface area contributed by atoms with Gasteiger partial charge in [0.25, 0.3) is 0 Å². The van der Waals surface area contributed by atoms with Crippen LogP contribution in [0, 0.1) is 0 Å². The molecule has 1 N–H and O–H groups in total. The van der Waals surface area contributed by atoms with Gasteiger partial charge < -0.3 is 15.0 Å². The summed E-state index contributed by atoms with van der Waals surface area (Å²) in [6, 6.07) is -0.0565. The molecule has 0 spiro atoms. The lowest BCUT2D eigenvalue weighted by molar-refractivity contribution is 0.0768. The number of hydrogen-bond acceptors (Lipinski definition) is 2. The first kappa shape index (κ1) is 10.7. The molecule has 0 aromatic rings. The monoisotopic (exact) mass is 216 g/mol. The van der Waals surface area contributed by atoms with Crippen molar-refractivity contribution in [2.45, 2.75) is 38.1 Å². The van der Waals surface area contributed by atoms with Crippen LogP contribution in [0.25, 0.3) is 0 Å². The largest absolute Gasteiger partial charge is 0.376 e. The number of halogens is 1. The zero-order valence-corrected chi connectivity index (χ0v) is 8.91. The Balaban J connectivity index is 1.78. The van der Waals surface area contributed by atoms with E-state index < -0.39 is 6.17 Å². The molecule has 0 bridgehead atoms. The van der Waals surface area contributed by atoms with Crippen LogP contribution in [0.15, 0.2) is 0 Å². The molecule has 2 atom stereocenters. The van der Waals surface area contributed by atoms with Crippen LogP contribution in [-0.4, -0.2) is 48.9 Å². The smallest absolute Gasteiger partial charge is 0.317 e. The number of likely N-dealkylation sites (tertiary alicyclic amines) is 1. The van der Waals surface area contributed by atoms with Gasteiger partial charge in [-0.2, -0.15) is 0 Å². The fourth-order valence-corrected chi connectivity index (χ4v) is 2.06. The normalized spacial score (nSPS) is 31.5. The van der Waals surface area contributed by atoms with Crippen molar-refractivity contribution in [2.24, 2.45) is 0 Å². The zero-order chi connectivity index (χ0) is 10.8. The Morgan fingerprint density at radius 2 is 2.33 bits per heavy atom. The Kier molecular flexibility index (Phi) is 3.09. The van der Waals surface area contributed by atoms with Crippen molar-refractivity contribution in [2.75, 3.05) is 19.7 Å². The number of hydrogen-bond donors (Lipinski definition) is 1. The average molecular weight is 216 g/mol. The highest BCUT2D eigenvalue weighted by atomic mass is 19.1. The van der Waals surface area contributed by atoms with Crippen molar-refractivity contribution >= 4 is 6.03 Å². The molecule has 0 unspecified atom stereocenters. The topological polar surface area (TPSA) is 41.6 Å². The van der Waals surface area contributed by atoms with Crippen molar-refractivity contribution in [1.82, 2.24) is 10.2 Å². The molecule has 0 aliphatic carbocycles. The number of alkyl halides is 1. The van der Waals surface area contributed by atoms with Gasteiger partial charge in [-0.25, -0.2) is 9.18 Å². The van der Waals surface area contributed by atoms with Crippen LogP contribution in [0.1, 0.15) is 19.8 Å². The molecule has 2 aliphatic rings. The summed E-state index contributed by atoms with van der Waals surface area (Å²) >= 11 is 0. The lowest BCUT2D eigenvalue weighted by Gasteiger charge is -2.35. The molecule has 0 saturated carbocycles. The van der Waals surface area contributed by atoms with Gasteiger partial charge in [0.05, 0.1) is 25.2 Å². The molecule has 2 saturated heterocycles. The van der Waals surface area contributed by atoms with Crippen molar-refractivity contribution in [3.63, 3.8) is 0 Å². The highest BCUT2D eigenvalue weighted by Crippen LogP contribution is 2.18. The average Bonchev–Trinajstić information content (AvgIpc) is 2.60. The van der Waals surface area contributed by atoms with Gasteiger partial charge in [-0.15, -0.1) is 0 Å². The molecule has 2 aliphatic heterocycles. The molecule has 15 heavy (non-hydrogen) atoms. The number of nitrogens with one attached hydrogen (secondary N) is 1. The van der Waals surface area contributed by atoms with Crippen LogP contribution in [-0.2, 0) is 4.74 Å². The van der Waals surface area contributed by atoms with E-state index in [0.29, 0.717) is 6.61 Å². The first-order chi connectivity index (χ1) is 7.20. The molecule has 2 fully saturated rings. The van der Waals surface area contributed by atoms with E-state index in [1.54, 1.807) is 0 Å². The summed E-state index contributed by atoms with van der Waals surface area (Å²) in [5, 5.41) is 2.90. The Morgan fingerprint density at radius 3 is 2.93 bits per heavy atom. The summed E-state index contributed by atoms with van der Waals surface area (Å²) in [6.07, 6.45) is 1.04. The predicted molar refractivity (Wildman–Crippen MR) is 53.4 cm³/mol. The highest BCUT2D eigenvalue weighted by molar-refractivity contribution is 5.75. The number of urea groups is 1. The quantitative estimate of drug-likeness (QED) is 0.745. The number of amides is 2. The Morgan fingerprint density at radius 1 is 1.60 bits per heavy atom. The van der Waals surface area contributed by atoms with Crippen LogP contribution >= 0.6 is 0 Å². The summed E-state index contributed by atoms with van der Waals surface area (Å²) in [7, 11) is 0. The second-order valence-electron chi connectivity index (χ2n) is 4.16. The van der Waals surface area contributed by atoms with Crippen molar-refractivity contribution in [1.29, 1.82) is 0 Å². The van der Waals surface area contributed by atoms with Gasteiger partial charge >= 0.3 is 6.03 Å². The molecule has 5 heteroatoms. The molecular formula is C10H17FN2O2. The van der Waals surface area contributed by atoms with E-state index in [-0.39, 0.29) is 31.3 Å². The van der Waals surface area contributed by atoms with Gasteiger partial charge in [-0.3, -0.25) is 0 Å². The van der Waals surface area contributed by atoms with Crippen LogP contribution in [0.2, 0.25) is 0 Å². The maximum absolute atomic E-state index is 12.5. The van der Waals surface area contributed by atoms with Crippen molar-refractivity contribution < 1.29 is 13.9 Å². The van der Waals surface area contributed by atoms with E-state index in [9.17, 15) is 9.18 Å². The third kappa shape index (κ3) is 2.22. The molecule has 2 rings (SSSR count). The predicted octanol–water partition coefficient (Wildman–Crippen LogP) is 0.917. The summed E-state index contributed by atoms with van der Waals surface area (Å²) < 4.78 is 18.0. The molecule has 2 heterocycles. The summed E-state index contributed by atoms with van der Waals surface area (Å²) in [5.74, 6) is 0. The van der Waals surface area contributed by atoms with Gasteiger partial charge in [0.1, 0.15) is 6.17 Å². The molecule has 0 radical (unpaired) electrons.